The molecule has 0 bridgehead atoms. The SMILES string of the molecule is CC1(C)C(=O)NC(=O)CN1C(=O)Cn1cc(N)ccc1=O. The Morgan fingerprint density at radius 2 is 2.00 bits per heavy atom. The van der Waals surface area contributed by atoms with Crippen LogP contribution in [0.25, 0.3) is 0 Å². The standard InChI is InChI=1S/C13H16N4O4/c1-13(2)12(21)15-9(18)6-17(13)11(20)7-16-5-8(14)3-4-10(16)19/h3-5H,6-7,14H2,1-2H3,(H,15,18,21). The molecule has 8 heteroatoms. The van der Waals surface area contributed by atoms with E-state index in [0.717, 1.165) is 9.47 Å². The molecule has 2 heterocycles. The highest BCUT2D eigenvalue weighted by molar-refractivity contribution is 6.06. The van der Waals surface area contributed by atoms with Gasteiger partial charge in [0.15, 0.2) is 0 Å². The van der Waals surface area contributed by atoms with Crippen molar-refractivity contribution in [3.05, 3.63) is 28.7 Å². The molecule has 0 saturated carbocycles. The second kappa shape index (κ2) is 5.04. The van der Waals surface area contributed by atoms with Crippen molar-refractivity contribution >= 4 is 23.4 Å². The van der Waals surface area contributed by atoms with Crippen LogP contribution in [0.2, 0.25) is 0 Å². The summed E-state index contributed by atoms with van der Waals surface area (Å²) in [4.78, 5) is 48.4. The lowest BCUT2D eigenvalue weighted by atomic mass is 9.98. The highest BCUT2D eigenvalue weighted by Gasteiger charge is 2.43. The van der Waals surface area contributed by atoms with Crippen LogP contribution in [0.5, 0.6) is 0 Å². The first-order valence-electron chi connectivity index (χ1n) is 6.32. The first kappa shape index (κ1) is 14.8. The Kier molecular flexibility index (Phi) is 3.54. The van der Waals surface area contributed by atoms with E-state index >= 15 is 0 Å². The van der Waals surface area contributed by atoms with Gasteiger partial charge in [0.05, 0.1) is 0 Å². The molecule has 0 aromatic carbocycles. The Hall–Kier alpha value is -2.64. The van der Waals surface area contributed by atoms with Crippen molar-refractivity contribution in [3.63, 3.8) is 0 Å². The third-order valence-corrected chi connectivity index (χ3v) is 3.40. The monoisotopic (exact) mass is 292 g/mol. The van der Waals surface area contributed by atoms with Crippen LogP contribution in [0.15, 0.2) is 23.1 Å². The molecule has 1 fully saturated rings. The first-order chi connectivity index (χ1) is 9.71. The largest absolute Gasteiger partial charge is 0.398 e. The molecule has 1 saturated heterocycles. The van der Waals surface area contributed by atoms with E-state index in [4.69, 9.17) is 5.73 Å². The number of rotatable bonds is 2. The maximum Gasteiger partial charge on any atom is 0.252 e. The number of piperazine rings is 1. The summed E-state index contributed by atoms with van der Waals surface area (Å²) in [6.07, 6.45) is 1.35. The van der Waals surface area contributed by atoms with E-state index in [0.29, 0.717) is 5.69 Å². The Bertz CT molecular complexity index is 677. The van der Waals surface area contributed by atoms with E-state index in [2.05, 4.69) is 5.32 Å². The number of imide groups is 1. The summed E-state index contributed by atoms with van der Waals surface area (Å²) < 4.78 is 1.14. The molecule has 1 aliphatic rings. The molecule has 8 nitrogen and oxygen atoms in total. The number of aromatic nitrogens is 1. The van der Waals surface area contributed by atoms with Gasteiger partial charge in [-0.15, -0.1) is 0 Å². The second-order valence-electron chi connectivity index (χ2n) is 5.34. The van der Waals surface area contributed by atoms with Gasteiger partial charge in [0.1, 0.15) is 18.6 Å². The van der Waals surface area contributed by atoms with Gasteiger partial charge in [-0.2, -0.15) is 0 Å². The van der Waals surface area contributed by atoms with Gasteiger partial charge < -0.3 is 15.2 Å². The molecule has 1 aromatic rings. The zero-order valence-corrected chi connectivity index (χ0v) is 11.8. The molecular formula is C13H16N4O4. The van der Waals surface area contributed by atoms with Crippen LogP contribution >= 0.6 is 0 Å². The summed E-state index contributed by atoms with van der Waals surface area (Å²) in [7, 11) is 0. The number of hydrogen-bond acceptors (Lipinski definition) is 5. The number of nitrogen functional groups attached to an aromatic ring is 1. The van der Waals surface area contributed by atoms with Gasteiger partial charge in [0.2, 0.25) is 11.8 Å². The second-order valence-corrected chi connectivity index (χ2v) is 5.34. The average molecular weight is 292 g/mol. The van der Waals surface area contributed by atoms with Crippen molar-refractivity contribution in [1.29, 1.82) is 0 Å². The van der Waals surface area contributed by atoms with Crippen molar-refractivity contribution in [3.8, 4) is 0 Å². The van der Waals surface area contributed by atoms with Gasteiger partial charge in [-0.05, 0) is 19.9 Å². The molecule has 0 spiro atoms. The number of amides is 3. The minimum atomic E-state index is -1.16. The topological polar surface area (TPSA) is 114 Å². The van der Waals surface area contributed by atoms with Crippen molar-refractivity contribution in [2.24, 2.45) is 0 Å². The zero-order chi connectivity index (χ0) is 15.8. The summed E-state index contributed by atoms with van der Waals surface area (Å²) in [5, 5.41) is 2.18. The molecule has 3 amide bonds. The van der Waals surface area contributed by atoms with Crippen molar-refractivity contribution in [2.45, 2.75) is 25.9 Å². The number of nitrogens with one attached hydrogen (secondary N) is 1. The van der Waals surface area contributed by atoms with Gasteiger partial charge in [0, 0.05) is 18.0 Å². The Balaban J connectivity index is 2.26. The van der Waals surface area contributed by atoms with Gasteiger partial charge in [-0.3, -0.25) is 24.5 Å². The van der Waals surface area contributed by atoms with Gasteiger partial charge in [0.25, 0.3) is 11.5 Å². The Labute approximate surface area is 120 Å². The molecule has 0 aliphatic carbocycles. The highest BCUT2D eigenvalue weighted by Crippen LogP contribution is 2.18. The van der Waals surface area contributed by atoms with Crippen LogP contribution in [0.3, 0.4) is 0 Å². The van der Waals surface area contributed by atoms with Crippen LogP contribution in [-0.4, -0.2) is 39.3 Å². The third-order valence-electron chi connectivity index (χ3n) is 3.40. The third kappa shape index (κ3) is 2.78. The number of carbonyl (C=O) groups excluding carboxylic acids is 3. The minimum Gasteiger partial charge on any atom is -0.398 e. The number of anilines is 1. The summed E-state index contributed by atoms with van der Waals surface area (Å²) >= 11 is 0. The zero-order valence-electron chi connectivity index (χ0n) is 11.8. The van der Waals surface area contributed by atoms with E-state index in [-0.39, 0.29) is 18.6 Å². The summed E-state index contributed by atoms with van der Waals surface area (Å²) in [5.74, 6) is -1.60. The maximum atomic E-state index is 12.3. The molecular weight excluding hydrogens is 276 g/mol. The number of nitrogens with two attached hydrogens (primary N) is 1. The van der Waals surface area contributed by atoms with E-state index in [1.807, 2.05) is 0 Å². The van der Waals surface area contributed by atoms with Crippen LogP contribution in [0.4, 0.5) is 5.69 Å². The van der Waals surface area contributed by atoms with E-state index in [1.54, 1.807) is 0 Å². The van der Waals surface area contributed by atoms with Crippen LogP contribution in [0, 0.1) is 0 Å². The smallest absolute Gasteiger partial charge is 0.252 e. The Morgan fingerprint density at radius 3 is 2.67 bits per heavy atom. The summed E-state index contributed by atoms with van der Waals surface area (Å²) in [6, 6.07) is 2.69. The number of pyridine rings is 1. The molecule has 3 N–H and O–H groups in total. The predicted octanol–water partition coefficient (Wildman–Crippen LogP) is -1.31. The molecule has 1 aliphatic heterocycles. The fourth-order valence-corrected chi connectivity index (χ4v) is 2.09. The molecule has 21 heavy (non-hydrogen) atoms. The highest BCUT2D eigenvalue weighted by atomic mass is 16.2. The van der Waals surface area contributed by atoms with Crippen molar-refractivity contribution < 1.29 is 14.4 Å². The van der Waals surface area contributed by atoms with E-state index in [1.165, 1.54) is 32.2 Å². The Morgan fingerprint density at radius 1 is 1.33 bits per heavy atom. The lowest BCUT2D eigenvalue weighted by Gasteiger charge is -2.40. The van der Waals surface area contributed by atoms with Crippen LogP contribution in [0.1, 0.15) is 13.8 Å². The predicted molar refractivity (Wildman–Crippen MR) is 74.1 cm³/mol. The fraction of sp³-hybridized carbons (Fsp3) is 0.385. The van der Waals surface area contributed by atoms with E-state index in [9.17, 15) is 19.2 Å². The fourth-order valence-electron chi connectivity index (χ4n) is 2.09. The molecule has 0 radical (unpaired) electrons. The number of hydrogen-bond donors (Lipinski definition) is 2. The maximum absolute atomic E-state index is 12.3. The summed E-state index contributed by atoms with van der Waals surface area (Å²) in [5.41, 5.74) is 4.37. The van der Waals surface area contributed by atoms with Gasteiger partial charge in [-0.1, -0.05) is 0 Å². The minimum absolute atomic E-state index is 0.228. The van der Waals surface area contributed by atoms with Crippen LogP contribution < -0.4 is 16.6 Å². The van der Waals surface area contributed by atoms with Crippen molar-refractivity contribution in [1.82, 2.24) is 14.8 Å². The molecule has 0 atom stereocenters. The number of carbonyl (C=O) groups is 3. The lowest BCUT2D eigenvalue weighted by molar-refractivity contribution is -0.155. The average Bonchev–Trinajstić information content (AvgIpc) is 2.38. The first-order valence-corrected chi connectivity index (χ1v) is 6.32. The normalized spacial score (nSPS) is 17.5. The van der Waals surface area contributed by atoms with Gasteiger partial charge in [-0.25, -0.2) is 0 Å². The molecule has 112 valence electrons. The number of nitrogens with zero attached hydrogens (tertiary/aromatic N) is 2. The lowest BCUT2D eigenvalue weighted by Crippen LogP contribution is -2.66. The quantitative estimate of drug-likeness (QED) is 0.657. The van der Waals surface area contributed by atoms with Crippen molar-refractivity contribution in [2.75, 3.05) is 12.3 Å². The molecule has 1 aromatic heterocycles. The van der Waals surface area contributed by atoms with Gasteiger partial charge >= 0.3 is 0 Å². The van der Waals surface area contributed by atoms with Crippen LogP contribution in [-0.2, 0) is 20.9 Å². The molecule has 2 rings (SSSR count). The summed E-state index contributed by atoms with van der Waals surface area (Å²) in [6.45, 7) is 2.56. The molecule has 0 unspecified atom stereocenters. The van der Waals surface area contributed by atoms with E-state index < -0.39 is 23.3 Å².